The highest BCUT2D eigenvalue weighted by Gasteiger charge is 2.55. The number of carbonyl (C=O) groups excluding carboxylic acids is 2. The van der Waals surface area contributed by atoms with Crippen molar-refractivity contribution in [1.29, 1.82) is 0 Å². The smallest absolute Gasteiger partial charge is 0.253 e. The van der Waals surface area contributed by atoms with Crippen LogP contribution in [-0.2, 0) is 4.79 Å². The second kappa shape index (κ2) is 8.88. The molecule has 2 amide bonds. The van der Waals surface area contributed by atoms with E-state index in [9.17, 15) is 14.0 Å². The Bertz CT molecular complexity index is 1200. The van der Waals surface area contributed by atoms with Gasteiger partial charge in [-0.05, 0) is 55.8 Å². The highest BCUT2D eigenvalue weighted by molar-refractivity contribution is 6.01. The van der Waals surface area contributed by atoms with Gasteiger partial charge in [0, 0.05) is 50.1 Å². The molecular weight excluding hydrogens is 463 g/mol. The van der Waals surface area contributed by atoms with E-state index >= 15 is 0 Å². The van der Waals surface area contributed by atoms with Gasteiger partial charge < -0.3 is 31.5 Å². The average molecular weight is 495 g/mol. The molecule has 0 radical (unpaired) electrons. The molecule has 11 heteroatoms. The van der Waals surface area contributed by atoms with E-state index in [4.69, 9.17) is 5.73 Å². The number of aromatic nitrogens is 2. The number of amides is 2. The number of rotatable bonds is 2. The molecule has 5 N–H and O–H groups in total. The van der Waals surface area contributed by atoms with E-state index in [0.29, 0.717) is 17.8 Å². The first-order chi connectivity index (χ1) is 17.4. The topological polar surface area (TPSA) is 129 Å². The van der Waals surface area contributed by atoms with Gasteiger partial charge in [-0.1, -0.05) is 0 Å². The van der Waals surface area contributed by atoms with Crippen LogP contribution in [0.15, 0.2) is 24.4 Å². The van der Waals surface area contributed by atoms with Crippen molar-refractivity contribution in [2.75, 3.05) is 55.3 Å². The summed E-state index contributed by atoms with van der Waals surface area (Å²) in [5.74, 6) is -0.932. The van der Waals surface area contributed by atoms with Gasteiger partial charge in [0.1, 0.15) is 0 Å². The lowest BCUT2D eigenvalue weighted by atomic mass is 9.77. The van der Waals surface area contributed by atoms with Crippen molar-refractivity contribution < 1.29 is 14.0 Å². The molecule has 190 valence electrons. The van der Waals surface area contributed by atoms with E-state index in [-0.39, 0.29) is 47.4 Å². The number of nitrogens with one attached hydrogen (secondary N) is 3. The number of benzene rings is 1. The van der Waals surface area contributed by atoms with Crippen LogP contribution in [0.4, 0.5) is 27.5 Å². The molecule has 36 heavy (non-hydrogen) atoms. The minimum absolute atomic E-state index is 0.0467. The highest BCUT2D eigenvalue weighted by Crippen LogP contribution is 2.52. The Morgan fingerprint density at radius 1 is 1.17 bits per heavy atom. The molecule has 3 heterocycles. The van der Waals surface area contributed by atoms with Crippen LogP contribution in [0, 0.1) is 29.5 Å². The van der Waals surface area contributed by atoms with Crippen LogP contribution in [0.3, 0.4) is 0 Å². The summed E-state index contributed by atoms with van der Waals surface area (Å²) in [7, 11) is 2.10. The zero-order valence-corrected chi connectivity index (χ0v) is 20.2. The number of nitrogens with zero attached hydrogens (tertiary/aromatic N) is 4. The third kappa shape index (κ3) is 4.01. The van der Waals surface area contributed by atoms with Gasteiger partial charge in [-0.3, -0.25) is 9.59 Å². The van der Waals surface area contributed by atoms with Crippen molar-refractivity contribution in [3.8, 4) is 0 Å². The number of halogens is 1. The Kier molecular flexibility index (Phi) is 5.66. The summed E-state index contributed by atoms with van der Waals surface area (Å²) < 4.78 is 14.7. The van der Waals surface area contributed by atoms with E-state index in [0.717, 1.165) is 50.9 Å². The molecule has 5 unspecified atom stereocenters. The number of anilines is 4. The fourth-order valence-corrected chi connectivity index (χ4v) is 6.59. The molecule has 1 aromatic carbocycles. The van der Waals surface area contributed by atoms with Gasteiger partial charge in [0.15, 0.2) is 11.6 Å². The minimum atomic E-state index is -0.588. The van der Waals surface area contributed by atoms with Crippen LogP contribution in [0.1, 0.15) is 23.2 Å². The summed E-state index contributed by atoms with van der Waals surface area (Å²) >= 11 is 0. The lowest BCUT2D eigenvalue weighted by molar-refractivity contribution is -0.123. The molecule has 5 atom stereocenters. The fourth-order valence-electron chi connectivity index (χ4n) is 6.59. The lowest BCUT2D eigenvalue weighted by Gasteiger charge is -2.36. The highest BCUT2D eigenvalue weighted by atomic mass is 19.1. The molecule has 6 rings (SSSR count). The molecule has 1 aromatic heterocycles. The molecule has 2 aliphatic heterocycles. The molecule has 6 bridgehead atoms. The summed E-state index contributed by atoms with van der Waals surface area (Å²) in [5, 5.41) is 9.44. The lowest BCUT2D eigenvalue weighted by Crippen LogP contribution is -2.47. The molecular formula is C25H31FN8O2. The van der Waals surface area contributed by atoms with Gasteiger partial charge in [-0.25, -0.2) is 9.37 Å². The number of fused-ring (bicyclic) bond motifs is 5. The van der Waals surface area contributed by atoms with Gasteiger partial charge in [-0.2, -0.15) is 4.98 Å². The van der Waals surface area contributed by atoms with Crippen LogP contribution in [0.2, 0.25) is 0 Å². The third-order valence-corrected chi connectivity index (χ3v) is 8.38. The average Bonchev–Trinajstić information content (AvgIpc) is 3.43. The van der Waals surface area contributed by atoms with Crippen molar-refractivity contribution >= 4 is 35.0 Å². The molecule has 2 saturated carbocycles. The molecule has 4 aliphatic rings. The molecule has 0 spiro atoms. The number of likely N-dealkylation sites (N-methyl/N-ethyl adjacent to an activating group) is 1. The summed E-state index contributed by atoms with van der Waals surface area (Å²) in [6, 6.07) is 5.29. The number of carbonyl (C=O) groups is 2. The predicted molar refractivity (Wildman–Crippen MR) is 134 cm³/mol. The van der Waals surface area contributed by atoms with Crippen LogP contribution < -0.4 is 26.6 Å². The molecule has 3 fully saturated rings. The summed E-state index contributed by atoms with van der Waals surface area (Å²) in [6.45, 7) is 4.01. The van der Waals surface area contributed by atoms with Crippen molar-refractivity contribution in [3.05, 3.63) is 35.8 Å². The Hall–Kier alpha value is -3.47. The number of hydrogen-bond acceptors (Lipinski definition) is 8. The molecule has 1 saturated heterocycles. The van der Waals surface area contributed by atoms with E-state index in [2.05, 4.69) is 42.8 Å². The van der Waals surface area contributed by atoms with Crippen molar-refractivity contribution in [2.24, 2.45) is 29.4 Å². The molecule has 2 aromatic rings. The predicted octanol–water partition coefficient (Wildman–Crippen LogP) is 1.39. The number of piperazine rings is 1. The Balaban J connectivity index is 1.38. The van der Waals surface area contributed by atoms with E-state index in [1.807, 2.05) is 12.1 Å². The molecule has 10 nitrogen and oxygen atoms in total. The Morgan fingerprint density at radius 2 is 1.97 bits per heavy atom. The summed E-state index contributed by atoms with van der Waals surface area (Å²) in [4.78, 5) is 38.8. The summed E-state index contributed by atoms with van der Waals surface area (Å²) in [6.07, 6.45) is 2.73. The Morgan fingerprint density at radius 3 is 2.75 bits per heavy atom. The zero-order valence-electron chi connectivity index (χ0n) is 20.2. The number of nitrogens with two attached hydrogens (primary N) is 1. The normalized spacial score (nSPS) is 29.7. The summed E-state index contributed by atoms with van der Waals surface area (Å²) in [5.41, 5.74) is 7.86. The number of primary amides is 1. The van der Waals surface area contributed by atoms with Gasteiger partial charge in [0.05, 0.1) is 17.7 Å². The van der Waals surface area contributed by atoms with Crippen molar-refractivity contribution in [3.63, 3.8) is 0 Å². The van der Waals surface area contributed by atoms with Crippen molar-refractivity contribution in [2.45, 2.75) is 18.9 Å². The van der Waals surface area contributed by atoms with Gasteiger partial charge in [0.25, 0.3) is 5.91 Å². The van der Waals surface area contributed by atoms with E-state index in [1.54, 1.807) is 6.07 Å². The van der Waals surface area contributed by atoms with Gasteiger partial charge in [-0.15, -0.1) is 0 Å². The van der Waals surface area contributed by atoms with Crippen LogP contribution in [0.25, 0.3) is 0 Å². The zero-order chi connectivity index (χ0) is 25.0. The standard InChI is InChI=1S/C25H31FN8O2/c1-33-4-6-34(7-5-33)19-3-2-15-10-17(19)24(36)28-11-14-8-13-9-16(14)21(20(13)22(27)35)31-23-18(26)12-29-25(30-15)32-23/h2-3,10,12-14,16,20-21H,4-9,11H2,1H3,(H2,27,35)(H,28,36)(H2,29,30,31,32). The van der Waals surface area contributed by atoms with Crippen LogP contribution in [-0.4, -0.2) is 72.5 Å². The minimum Gasteiger partial charge on any atom is -0.369 e. The van der Waals surface area contributed by atoms with Gasteiger partial charge >= 0.3 is 0 Å². The van der Waals surface area contributed by atoms with E-state index in [1.165, 1.54) is 0 Å². The largest absolute Gasteiger partial charge is 0.369 e. The first kappa shape index (κ1) is 23.0. The van der Waals surface area contributed by atoms with Gasteiger partial charge in [0.2, 0.25) is 11.9 Å². The molecule has 2 aliphatic carbocycles. The second-order valence-corrected chi connectivity index (χ2v) is 10.5. The number of hydrogen-bond donors (Lipinski definition) is 4. The first-order valence-corrected chi connectivity index (χ1v) is 12.6. The first-order valence-electron chi connectivity index (χ1n) is 12.6. The van der Waals surface area contributed by atoms with Crippen LogP contribution in [0.5, 0.6) is 0 Å². The maximum Gasteiger partial charge on any atom is 0.253 e. The maximum absolute atomic E-state index is 14.7. The van der Waals surface area contributed by atoms with Crippen molar-refractivity contribution in [1.82, 2.24) is 20.2 Å². The van der Waals surface area contributed by atoms with Crippen LogP contribution >= 0.6 is 0 Å². The second-order valence-electron chi connectivity index (χ2n) is 10.5. The van der Waals surface area contributed by atoms with E-state index < -0.39 is 11.7 Å². The Labute approximate surface area is 208 Å². The monoisotopic (exact) mass is 494 g/mol. The fraction of sp³-hybridized carbons (Fsp3) is 0.520. The quantitative estimate of drug-likeness (QED) is 0.493. The maximum atomic E-state index is 14.7. The third-order valence-electron chi connectivity index (χ3n) is 8.38. The SMILES string of the molecule is CN1CCN(c2ccc3cc2C(=O)NCC2CC4CC2C(Nc2nc(ncc2F)N3)C4C(N)=O)CC1.